The summed E-state index contributed by atoms with van der Waals surface area (Å²) in [6.45, 7) is 3.91. The smallest absolute Gasteiger partial charge is 0.255 e. The van der Waals surface area contributed by atoms with Crippen LogP contribution in [0.25, 0.3) is 0 Å². The summed E-state index contributed by atoms with van der Waals surface area (Å²) in [5.74, 6) is -0.300. The van der Waals surface area contributed by atoms with Gasteiger partial charge in [-0.15, -0.1) is 0 Å². The molecule has 0 bridgehead atoms. The Bertz CT molecular complexity index is 676. The van der Waals surface area contributed by atoms with Crippen LogP contribution in [0.3, 0.4) is 0 Å². The molecule has 0 heterocycles. The number of rotatable bonds is 3. The van der Waals surface area contributed by atoms with Crippen LogP contribution in [0.4, 0.5) is 5.69 Å². The number of hydrogen-bond donors (Lipinski definition) is 2. The van der Waals surface area contributed by atoms with E-state index in [0.717, 1.165) is 11.1 Å². The minimum atomic E-state index is -0.151. The molecule has 0 aliphatic carbocycles. The zero-order valence-corrected chi connectivity index (χ0v) is 12.4. The minimum absolute atomic E-state index is 0.149. The summed E-state index contributed by atoms with van der Waals surface area (Å²) in [5, 5.41) is 5.39. The molecule has 0 radical (unpaired) electrons. The maximum Gasteiger partial charge on any atom is 0.255 e. The monoisotopic (exact) mass is 282 g/mol. The molecule has 108 valence electrons. The molecule has 21 heavy (non-hydrogen) atoms. The molecule has 2 aromatic rings. The standard InChI is InChI=1S/C17H18N2O2/c1-11-5-4-6-15(12(11)2)17(21)19-14-9-7-13(8-10-14)16(20)18-3/h4-10H,1-3H3,(H,18,20)(H,19,21). The number of nitrogens with one attached hydrogen (secondary N) is 2. The van der Waals surface area contributed by atoms with E-state index in [1.54, 1.807) is 37.4 Å². The summed E-state index contributed by atoms with van der Waals surface area (Å²) in [6, 6.07) is 12.4. The second-order valence-electron chi connectivity index (χ2n) is 4.86. The SMILES string of the molecule is CNC(=O)c1ccc(NC(=O)c2cccc(C)c2C)cc1. The number of carbonyl (C=O) groups excluding carboxylic acids is 2. The fraction of sp³-hybridized carbons (Fsp3) is 0.176. The summed E-state index contributed by atoms with van der Waals surface area (Å²) in [7, 11) is 1.58. The summed E-state index contributed by atoms with van der Waals surface area (Å²) in [5.41, 5.74) is 3.93. The summed E-state index contributed by atoms with van der Waals surface area (Å²) in [6.07, 6.45) is 0. The fourth-order valence-electron chi connectivity index (χ4n) is 2.04. The number of amides is 2. The van der Waals surface area contributed by atoms with E-state index in [-0.39, 0.29) is 11.8 Å². The summed E-state index contributed by atoms with van der Waals surface area (Å²) in [4.78, 5) is 23.7. The zero-order valence-electron chi connectivity index (χ0n) is 12.4. The van der Waals surface area contributed by atoms with Crippen molar-refractivity contribution in [3.8, 4) is 0 Å². The fourth-order valence-corrected chi connectivity index (χ4v) is 2.04. The van der Waals surface area contributed by atoms with E-state index in [4.69, 9.17) is 0 Å². The molecule has 0 atom stereocenters. The lowest BCUT2D eigenvalue weighted by Gasteiger charge is -2.10. The first-order valence-electron chi connectivity index (χ1n) is 6.72. The minimum Gasteiger partial charge on any atom is -0.355 e. The van der Waals surface area contributed by atoms with Gasteiger partial charge in [0.2, 0.25) is 0 Å². The molecule has 4 heteroatoms. The number of aryl methyl sites for hydroxylation is 1. The van der Waals surface area contributed by atoms with Gasteiger partial charge < -0.3 is 10.6 Å². The molecule has 2 rings (SSSR count). The Morgan fingerprint density at radius 2 is 1.57 bits per heavy atom. The lowest BCUT2D eigenvalue weighted by molar-refractivity contribution is 0.0962. The highest BCUT2D eigenvalue weighted by atomic mass is 16.2. The highest BCUT2D eigenvalue weighted by Crippen LogP contribution is 2.16. The Balaban J connectivity index is 2.16. The van der Waals surface area contributed by atoms with Gasteiger partial charge in [-0.3, -0.25) is 9.59 Å². The van der Waals surface area contributed by atoms with Crippen LogP contribution in [0.2, 0.25) is 0 Å². The average molecular weight is 282 g/mol. The predicted octanol–water partition coefficient (Wildman–Crippen LogP) is 2.92. The molecule has 2 aromatic carbocycles. The molecule has 0 fully saturated rings. The predicted molar refractivity (Wildman–Crippen MR) is 83.7 cm³/mol. The van der Waals surface area contributed by atoms with Crippen LogP contribution >= 0.6 is 0 Å². The van der Waals surface area contributed by atoms with Gasteiger partial charge in [0.05, 0.1) is 0 Å². The van der Waals surface area contributed by atoms with Crippen LogP contribution in [-0.2, 0) is 0 Å². The highest BCUT2D eigenvalue weighted by molar-refractivity contribution is 6.05. The maximum absolute atomic E-state index is 12.3. The molecular formula is C17H18N2O2. The van der Waals surface area contributed by atoms with Gasteiger partial charge >= 0.3 is 0 Å². The molecule has 0 spiro atoms. The van der Waals surface area contributed by atoms with E-state index < -0.39 is 0 Å². The molecule has 0 saturated heterocycles. The molecule has 0 saturated carbocycles. The van der Waals surface area contributed by atoms with Crippen LogP contribution in [-0.4, -0.2) is 18.9 Å². The maximum atomic E-state index is 12.3. The van der Waals surface area contributed by atoms with Crippen molar-refractivity contribution in [2.75, 3.05) is 12.4 Å². The Labute approximate surface area is 124 Å². The van der Waals surface area contributed by atoms with Crippen molar-refractivity contribution in [3.63, 3.8) is 0 Å². The van der Waals surface area contributed by atoms with Gasteiger partial charge in [-0.05, 0) is 55.3 Å². The quantitative estimate of drug-likeness (QED) is 0.909. The highest BCUT2D eigenvalue weighted by Gasteiger charge is 2.10. The van der Waals surface area contributed by atoms with E-state index in [2.05, 4.69) is 10.6 Å². The molecule has 0 unspecified atom stereocenters. The Kier molecular flexibility index (Phi) is 4.38. The van der Waals surface area contributed by atoms with E-state index in [0.29, 0.717) is 16.8 Å². The third-order valence-electron chi connectivity index (χ3n) is 3.48. The summed E-state index contributed by atoms with van der Waals surface area (Å²) < 4.78 is 0. The topological polar surface area (TPSA) is 58.2 Å². The van der Waals surface area contributed by atoms with Gasteiger partial charge in [0.25, 0.3) is 11.8 Å². The van der Waals surface area contributed by atoms with Crippen LogP contribution in [0, 0.1) is 13.8 Å². The number of anilines is 1. The average Bonchev–Trinajstić information content (AvgIpc) is 2.50. The Hall–Kier alpha value is -2.62. The number of benzene rings is 2. The normalized spacial score (nSPS) is 10.0. The van der Waals surface area contributed by atoms with Crippen molar-refractivity contribution in [3.05, 3.63) is 64.7 Å². The van der Waals surface area contributed by atoms with Gasteiger partial charge in [0.1, 0.15) is 0 Å². The third-order valence-corrected chi connectivity index (χ3v) is 3.48. The van der Waals surface area contributed by atoms with Crippen molar-refractivity contribution in [1.82, 2.24) is 5.32 Å². The van der Waals surface area contributed by atoms with Crippen LogP contribution in [0.1, 0.15) is 31.8 Å². The van der Waals surface area contributed by atoms with Crippen molar-refractivity contribution in [2.24, 2.45) is 0 Å². The van der Waals surface area contributed by atoms with E-state index in [9.17, 15) is 9.59 Å². The molecular weight excluding hydrogens is 264 g/mol. The second-order valence-corrected chi connectivity index (χ2v) is 4.86. The molecule has 4 nitrogen and oxygen atoms in total. The first kappa shape index (κ1) is 14.8. The van der Waals surface area contributed by atoms with E-state index in [1.807, 2.05) is 26.0 Å². The second kappa shape index (κ2) is 6.22. The zero-order chi connectivity index (χ0) is 15.4. The van der Waals surface area contributed by atoms with Crippen molar-refractivity contribution >= 4 is 17.5 Å². The third kappa shape index (κ3) is 3.28. The van der Waals surface area contributed by atoms with Crippen LogP contribution in [0.5, 0.6) is 0 Å². The molecule has 2 N–H and O–H groups in total. The number of carbonyl (C=O) groups is 2. The van der Waals surface area contributed by atoms with Gasteiger partial charge in [-0.25, -0.2) is 0 Å². The van der Waals surface area contributed by atoms with Crippen LogP contribution < -0.4 is 10.6 Å². The molecule has 0 aliphatic heterocycles. The molecule has 0 aliphatic rings. The van der Waals surface area contributed by atoms with Crippen LogP contribution in [0.15, 0.2) is 42.5 Å². The lowest BCUT2D eigenvalue weighted by Crippen LogP contribution is -2.18. The first-order valence-corrected chi connectivity index (χ1v) is 6.72. The summed E-state index contributed by atoms with van der Waals surface area (Å²) >= 11 is 0. The van der Waals surface area contributed by atoms with Gasteiger partial charge in [-0.1, -0.05) is 12.1 Å². The lowest BCUT2D eigenvalue weighted by atomic mass is 10.0. The Morgan fingerprint density at radius 1 is 0.905 bits per heavy atom. The van der Waals surface area contributed by atoms with Crippen molar-refractivity contribution in [2.45, 2.75) is 13.8 Å². The Morgan fingerprint density at radius 3 is 2.19 bits per heavy atom. The number of hydrogen-bond acceptors (Lipinski definition) is 2. The van der Waals surface area contributed by atoms with Gasteiger partial charge in [-0.2, -0.15) is 0 Å². The van der Waals surface area contributed by atoms with E-state index in [1.165, 1.54) is 0 Å². The van der Waals surface area contributed by atoms with Crippen molar-refractivity contribution < 1.29 is 9.59 Å². The molecule has 2 amide bonds. The first-order chi connectivity index (χ1) is 10.0. The largest absolute Gasteiger partial charge is 0.355 e. The van der Waals surface area contributed by atoms with E-state index >= 15 is 0 Å². The van der Waals surface area contributed by atoms with Gasteiger partial charge in [0, 0.05) is 23.9 Å². The van der Waals surface area contributed by atoms with Gasteiger partial charge in [0.15, 0.2) is 0 Å². The molecule has 0 aromatic heterocycles. The van der Waals surface area contributed by atoms with Crippen molar-refractivity contribution in [1.29, 1.82) is 0 Å².